The largest absolute Gasteiger partial charge is 0.340 e. The lowest BCUT2D eigenvalue weighted by Gasteiger charge is -2.29. The molecule has 2 heterocycles. The molecule has 1 aliphatic heterocycles. The quantitative estimate of drug-likeness (QED) is 0.409. The summed E-state index contributed by atoms with van der Waals surface area (Å²) < 4.78 is 26.9. The first kappa shape index (κ1) is 20.2. The number of nitrogens with one attached hydrogen (secondary N) is 1. The van der Waals surface area contributed by atoms with Gasteiger partial charge in [0.05, 0.1) is 29.5 Å². The molecule has 0 unspecified atom stereocenters. The van der Waals surface area contributed by atoms with Gasteiger partial charge < -0.3 is 9.88 Å². The molecule has 28 heavy (non-hydrogen) atoms. The van der Waals surface area contributed by atoms with Gasteiger partial charge in [0.2, 0.25) is 12.3 Å². The number of benzene rings is 1. The summed E-state index contributed by atoms with van der Waals surface area (Å²) in [5, 5.41) is 10.1. The molecule has 152 valence electrons. The van der Waals surface area contributed by atoms with Crippen LogP contribution in [0.3, 0.4) is 0 Å². The number of halogens is 2. The number of aromatic amines is 1. The minimum absolute atomic E-state index is 0.0674. The molecule has 2 amide bonds. The Morgan fingerprint density at radius 1 is 1.46 bits per heavy atom. The van der Waals surface area contributed by atoms with E-state index in [0.717, 1.165) is 31.4 Å². The third-order valence-electron chi connectivity index (χ3n) is 5.18. The second-order valence-electron chi connectivity index (χ2n) is 7.16. The van der Waals surface area contributed by atoms with Gasteiger partial charge >= 0.3 is 0 Å². The number of amides is 2. The highest BCUT2D eigenvalue weighted by Crippen LogP contribution is 2.33. The molecule has 2 atom stereocenters. The van der Waals surface area contributed by atoms with Gasteiger partial charge in [0.25, 0.3) is 0 Å². The Kier molecular flexibility index (Phi) is 6.23. The molecular formula is C19H24F2N4O3. The average Bonchev–Trinajstić information content (AvgIpc) is 3.31. The maximum Gasteiger partial charge on any atom is 0.233 e. The zero-order chi connectivity index (χ0) is 20.3. The number of H-pyrrole nitrogens is 1. The molecule has 0 saturated carbocycles. The number of carbonyl (C=O) groups is 2. The molecule has 3 rings (SSSR count). The molecule has 2 N–H and O–H groups in total. The molecule has 1 aliphatic rings. The number of hydroxylamine groups is 2. The van der Waals surface area contributed by atoms with Crippen LogP contribution in [0.1, 0.15) is 50.9 Å². The van der Waals surface area contributed by atoms with Crippen LogP contribution in [0.15, 0.2) is 12.1 Å². The summed E-state index contributed by atoms with van der Waals surface area (Å²) in [5.41, 5.74) is 0.677. The van der Waals surface area contributed by atoms with Crippen LogP contribution in [-0.2, 0) is 9.59 Å². The van der Waals surface area contributed by atoms with E-state index in [1.165, 1.54) is 0 Å². The Labute approximate surface area is 161 Å². The lowest BCUT2D eigenvalue weighted by Crippen LogP contribution is -2.40. The fraction of sp³-hybridized carbons (Fsp3) is 0.526. The number of fused-ring (bicyclic) bond motifs is 1. The molecule has 1 saturated heterocycles. The van der Waals surface area contributed by atoms with Crippen molar-refractivity contribution >= 4 is 23.4 Å². The van der Waals surface area contributed by atoms with Crippen LogP contribution in [0.2, 0.25) is 0 Å². The number of unbranched alkanes of at least 4 members (excludes halogenated alkanes) is 1. The lowest BCUT2D eigenvalue weighted by atomic mass is 9.99. The predicted octanol–water partition coefficient (Wildman–Crippen LogP) is 3.16. The summed E-state index contributed by atoms with van der Waals surface area (Å²) in [6, 6.07) is 1.75. The number of hydrogen-bond acceptors (Lipinski definition) is 4. The first-order valence-corrected chi connectivity index (χ1v) is 9.50. The van der Waals surface area contributed by atoms with Crippen LogP contribution < -0.4 is 0 Å². The summed E-state index contributed by atoms with van der Waals surface area (Å²) in [6.07, 6.45) is 3.97. The Morgan fingerprint density at radius 2 is 2.21 bits per heavy atom. The van der Waals surface area contributed by atoms with Crippen LogP contribution in [-0.4, -0.2) is 50.5 Å². The Morgan fingerprint density at radius 3 is 2.93 bits per heavy atom. The van der Waals surface area contributed by atoms with E-state index in [9.17, 15) is 23.6 Å². The van der Waals surface area contributed by atoms with E-state index in [1.807, 2.05) is 6.92 Å². The SMILES string of the molecule is CCCC[C@@H](CN(O)C=O)C(=O)N1CCC[C@H]1c1nc2cc(F)c(F)cc2[nH]1. The van der Waals surface area contributed by atoms with Crippen molar-refractivity contribution in [3.05, 3.63) is 29.6 Å². The Hall–Kier alpha value is -2.55. The van der Waals surface area contributed by atoms with E-state index in [0.29, 0.717) is 41.3 Å². The predicted molar refractivity (Wildman–Crippen MR) is 97.3 cm³/mol. The van der Waals surface area contributed by atoms with Gasteiger partial charge in [-0.1, -0.05) is 19.8 Å². The molecule has 1 fully saturated rings. The maximum atomic E-state index is 13.5. The lowest BCUT2D eigenvalue weighted by molar-refractivity contribution is -0.157. The fourth-order valence-corrected chi connectivity index (χ4v) is 3.74. The third kappa shape index (κ3) is 4.14. The third-order valence-corrected chi connectivity index (χ3v) is 5.18. The van der Waals surface area contributed by atoms with Gasteiger partial charge in [-0.2, -0.15) is 0 Å². The van der Waals surface area contributed by atoms with Crippen molar-refractivity contribution < 1.29 is 23.6 Å². The van der Waals surface area contributed by atoms with Crippen molar-refractivity contribution in [1.29, 1.82) is 0 Å². The number of carbonyl (C=O) groups excluding carboxylic acids is 2. The highest BCUT2D eigenvalue weighted by atomic mass is 19.2. The van der Waals surface area contributed by atoms with Crippen molar-refractivity contribution in [2.75, 3.05) is 13.1 Å². The Balaban J connectivity index is 1.84. The van der Waals surface area contributed by atoms with Crippen molar-refractivity contribution in [3.8, 4) is 0 Å². The number of rotatable bonds is 8. The molecule has 0 aliphatic carbocycles. The van der Waals surface area contributed by atoms with E-state index < -0.39 is 17.6 Å². The van der Waals surface area contributed by atoms with Gasteiger partial charge in [0.15, 0.2) is 11.6 Å². The standard InChI is InChI=1S/C19H24F2N4O3/c1-2-3-5-12(10-24(28)11-26)19(27)25-7-4-6-17(25)18-22-15-8-13(20)14(21)9-16(15)23-18/h8-9,11-12,17,28H,2-7,10H2,1H3,(H,22,23)/t12-,17-/m0/s1. The number of imidazole rings is 1. The number of likely N-dealkylation sites (tertiary alicyclic amines) is 1. The topological polar surface area (TPSA) is 89.5 Å². The van der Waals surface area contributed by atoms with Crippen LogP contribution in [0, 0.1) is 17.6 Å². The molecule has 9 heteroatoms. The van der Waals surface area contributed by atoms with E-state index in [-0.39, 0.29) is 24.9 Å². The van der Waals surface area contributed by atoms with Crippen molar-refractivity contribution in [2.45, 2.75) is 45.1 Å². The van der Waals surface area contributed by atoms with Crippen LogP contribution in [0.25, 0.3) is 11.0 Å². The van der Waals surface area contributed by atoms with Gasteiger partial charge in [0.1, 0.15) is 5.82 Å². The molecule has 1 aromatic carbocycles. The van der Waals surface area contributed by atoms with Crippen molar-refractivity contribution in [1.82, 2.24) is 19.9 Å². The molecule has 0 spiro atoms. The molecule has 0 bridgehead atoms. The minimum atomic E-state index is -0.971. The van der Waals surface area contributed by atoms with Gasteiger partial charge in [0, 0.05) is 18.7 Å². The average molecular weight is 394 g/mol. The molecule has 7 nitrogen and oxygen atoms in total. The molecule has 1 aromatic heterocycles. The summed E-state index contributed by atoms with van der Waals surface area (Å²) >= 11 is 0. The second kappa shape index (κ2) is 8.64. The highest BCUT2D eigenvalue weighted by Gasteiger charge is 2.36. The van der Waals surface area contributed by atoms with Crippen LogP contribution in [0.4, 0.5) is 8.78 Å². The first-order valence-electron chi connectivity index (χ1n) is 9.50. The van der Waals surface area contributed by atoms with Crippen LogP contribution >= 0.6 is 0 Å². The molecular weight excluding hydrogens is 370 g/mol. The van der Waals surface area contributed by atoms with Gasteiger partial charge in [-0.15, -0.1) is 0 Å². The van der Waals surface area contributed by atoms with E-state index in [2.05, 4.69) is 9.97 Å². The smallest absolute Gasteiger partial charge is 0.233 e. The zero-order valence-corrected chi connectivity index (χ0v) is 15.7. The monoisotopic (exact) mass is 394 g/mol. The van der Waals surface area contributed by atoms with Crippen LogP contribution in [0.5, 0.6) is 0 Å². The Bertz CT molecular complexity index is 818. The fourth-order valence-electron chi connectivity index (χ4n) is 3.74. The van der Waals surface area contributed by atoms with Gasteiger partial charge in [-0.3, -0.25) is 14.8 Å². The summed E-state index contributed by atoms with van der Waals surface area (Å²) in [7, 11) is 0. The number of hydrogen-bond donors (Lipinski definition) is 2. The highest BCUT2D eigenvalue weighted by molar-refractivity contribution is 5.80. The second-order valence-corrected chi connectivity index (χ2v) is 7.16. The number of aromatic nitrogens is 2. The molecule has 2 aromatic rings. The van der Waals surface area contributed by atoms with Gasteiger partial charge in [-0.05, 0) is 19.3 Å². The van der Waals surface area contributed by atoms with Crippen molar-refractivity contribution in [2.24, 2.45) is 5.92 Å². The maximum absolute atomic E-state index is 13.5. The minimum Gasteiger partial charge on any atom is -0.340 e. The van der Waals surface area contributed by atoms with E-state index in [1.54, 1.807) is 4.90 Å². The van der Waals surface area contributed by atoms with Gasteiger partial charge in [-0.25, -0.2) is 18.8 Å². The normalized spacial score (nSPS) is 17.9. The molecule has 0 radical (unpaired) electrons. The number of nitrogens with zero attached hydrogens (tertiary/aromatic N) is 3. The summed E-state index contributed by atoms with van der Waals surface area (Å²) in [5.74, 6) is -2.12. The summed E-state index contributed by atoms with van der Waals surface area (Å²) in [6.45, 7) is 2.46. The van der Waals surface area contributed by atoms with E-state index in [4.69, 9.17) is 0 Å². The van der Waals surface area contributed by atoms with E-state index >= 15 is 0 Å². The summed E-state index contributed by atoms with van der Waals surface area (Å²) in [4.78, 5) is 32.9. The van der Waals surface area contributed by atoms with Crippen molar-refractivity contribution in [3.63, 3.8) is 0 Å². The zero-order valence-electron chi connectivity index (χ0n) is 15.7. The first-order chi connectivity index (χ1) is 13.4.